The zero-order chi connectivity index (χ0) is 14.9. The van der Waals surface area contributed by atoms with Gasteiger partial charge in [0.1, 0.15) is 5.82 Å². The van der Waals surface area contributed by atoms with E-state index in [-0.39, 0.29) is 0 Å². The molecule has 4 aromatic rings. The van der Waals surface area contributed by atoms with E-state index < -0.39 is 0 Å². The zero-order valence-corrected chi connectivity index (χ0v) is 12.3. The highest BCUT2D eigenvalue weighted by molar-refractivity contribution is 6.30. The quantitative estimate of drug-likeness (QED) is 0.559. The van der Waals surface area contributed by atoms with Crippen LogP contribution in [-0.2, 0) is 0 Å². The Balaban J connectivity index is 2.04. The van der Waals surface area contributed by atoms with E-state index in [4.69, 9.17) is 16.6 Å². The Labute approximate surface area is 132 Å². The van der Waals surface area contributed by atoms with Gasteiger partial charge >= 0.3 is 0 Å². The monoisotopic (exact) mass is 306 g/mol. The van der Waals surface area contributed by atoms with Gasteiger partial charge in [-0.1, -0.05) is 11.6 Å². The van der Waals surface area contributed by atoms with Gasteiger partial charge in [-0.15, -0.1) is 0 Å². The summed E-state index contributed by atoms with van der Waals surface area (Å²) < 4.78 is 2.07. The number of hydrogen-bond acceptors (Lipinski definition) is 3. The van der Waals surface area contributed by atoms with Gasteiger partial charge < -0.3 is 0 Å². The normalized spacial score (nSPS) is 11.0. The van der Waals surface area contributed by atoms with Gasteiger partial charge in [0.25, 0.3) is 0 Å². The molecule has 0 atom stereocenters. The van der Waals surface area contributed by atoms with Crippen molar-refractivity contribution in [2.45, 2.75) is 0 Å². The Morgan fingerprint density at radius 2 is 1.68 bits per heavy atom. The third-order valence-electron chi connectivity index (χ3n) is 3.46. The average Bonchev–Trinajstić information content (AvgIpc) is 2.96. The maximum absolute atomic E-state index is 6.00. The molecule has 0 spiro atoms. The number of benzene rings is 1. The molecule has 0 aliphatic heterocycles. The van der Waals surface area contributed by atoms with E-state index in [1.807, 2.05) is 48.7 Å². The Kier molecular flexibility index (Phi) is 3.09. The van der Waals surface area contributed by atoms with Crippen molar-refractivity contribution in [3.8, 4) is 17.1 Å². The minimum absolute atomic E-state index is 0.703. The molecule has 0 aliphatic carbocycles. The van der Waals surface area contributed by atoms with Crippen LogP contribution in [0, 0.1) is 0 Å². The summed E-state index contributed by atoms with van der Waals surface area (Å²) in [7, 11) is 0. The second-order valence-corrected chi connectivity index (χ2v) is 5.29. The predicted molar refractivity (Wildman–Crippen MR) is 87.1 cm³/mol. The first-order valence-electron chi connectivity index (χ1n) is 6.82. The van der Waals surface area contributed by atoms with Gasteiger partial charge in [-0.05, 0) is 42.5 Å². The molecule has 0 amide bonds. The summed E-state index contributed by atoms with van der Waals surface area (Å²) >= 11 is 6.00. The first kappa shape index (κ1) is 13.0. The average molecular weight is 307 g/mol. The van der Waals surface area contributed by atoms with Crippen LogP contribution in [0.2, 0.25) is 5.02 Å². The van der Waals surface area contributed by atoms with Gasteiger partial charge in [0.15, 0.2) is 0 Å². The number of imidazole rings is 1. The molecule has 1 aromatic carbocycles. The molecule has 0 bridgehead atoms. The molecule has 0 fully saturated rings. The molecule has 0 saturated carbocycles. The molecular weight excluding hydrogens is 296 g/mol. The van der Waals surface area contributed by atoms with Crippen LogP contribution in [0.25, 0.3) is 28.1 Å². The van der Waals surface area contributed by atoms with Crippen molar-refractivity contribution >= 4 is 22.6 Å². The number of nitrogens with zero attached hydrogens (tertiary/aromatic N) is 4. The first-order valence-corrected chi connectivity index (χ1v) is 7.19. The number of fused-ring (bicyclic) bond motifs is 1. The Morgan fingerprint density at radius 3 is 2.45 bits per heavy atom. The van der Waals surface area contributed by atoms with Crippen LogP contribution in [0.1, 0.15) is 0 Å². The fourth-order valence-electron chi connectivity index (χ4n) is 2.46. The highest BCUT2D eigenvalue weighted by Gasteiger charge is 2.14. The van der Waals surface area contributed by atoms with Gasteiger partial charge in [0.05, 0.1) is 17.2 Å². The summed E-state index contributed by atoms with van der Waals surface area (Å²) in [5.41, 5.74) is 3.78. The number of rotatable bonds is 2. The second kappa shape index (κ2) is 5.24. The lowest BCUT2D eigenvalue weighted by atomic mass is 10.2. The highest BCUT2D eigenvalue weighted by atomic mass is 35.5. The summed E-state index contributed by atoms with van der Waals surface area (Å²) in [6, 6.07) is 13.5. The molecule has 22 heavy (non-hydrogen) atoms. The summed E-state index contributed by atoms with van der Waals surface area (Å²) in [4.78, 5) is 13.1. The van der Waals surface area contributed by atoms with Crippen molar-refractivity contribution in [1.82, 2.24) is 19.5 Å². The van der Waals surface area contributed by atoms with Crippen LogP contribution >= 0.6 is 11.6 Å². The number of aromatic nitrogens is 4. The third-order valence-corrected chi connectivity index (χ3v) is 3.71. The van der Waals surface area contributed by atoms with Crippen LogP contribution in [-0.4, -0.2) is 19.5 Å². The topological polar surface area (TPSA) is 43.6 Å². The minimum atomic E-state index is 0.703. The van der Waals surface area contributed by atoms with Crippen molar-refractivity contribution in [3.05, 3.63) is 72.3 Å². The summed E-state index contributed by atoms with van der Waals surface area (Å²) in [6.45, 7) is 0. The Hall–Kier alpha value is -2.72. The molecule has 5 heteroatoms. The first-order chi connectivity index (χ1) is 10.8. The predicted octanol–water partition coefficient (Wildman–Crippen LogP) is 4.14. The molecule has 4 nitrogen and oxygen atoms in total. The number of hydrogen-bond donors (Lipinski definition) is 0. The van der Waals surface area contributed by atoms with Crippen molar-refractivity contribution in [1.29, 1.82) is 0 Å². The number of halogens is 1. The molecule has 3 heterocycles. The van der Waals surface area contributed by atoms with Crippen LogP contribution < -0.4 is 0 Å². The molecular formula is C17H11ClN4. The van der Waals surface area contributed by atoms with Gasteiger partial charge in [-0.3, -0.25) is 14.5 Å². The van der Waals surface area contributed by atoms with Crippen LogP contribution in [0.5, 0.6) is 0 Å². The van der Waals surface area contributed by atoms with Crippen LogP contribution in [0.4, 0.5) is 0 Å². The summed E-state index contributed by atoms with van der Waals surface area (Å²) in [5, 5.41) is 0.703. The van der Waals surface area contributed by atoms with E-state index >= 15 is 0 Å². The van der Waals surface area contributed by atoms with E-state index in [2.05, 4.69) is 14.5 Å². The molecule has 4 rings (SSSR count). The van der Waals surface area contributed by atoms with Crippen LogP contribution in [0.15, 0.2) is 67.3 Å². The van der Waals surface area contributed by atoms with E-state index in [9.17, 15) is 0 Å². The third kappa shape index (κ3) is 2.14. The highest BCUT2D eigenvalue weighted by Crippen LogP contribution is 2.28. The Morgan fingerprint density at radius 1 is 0.864 bits per heavy atom. The number of pyridine rings is 2. The molecule has 0 aliphatic rings. The lowest BCUT2D eigenvalue weighted by Gasteiger charge is -2.09. The fraction of sp³-hybridized carbons (Fsp3) is 0. The van der Waals surface area contributed by atoms with Crippen LogP contribution in [0.3, 0.4) is 0 Å². The lowest BCUT2D eigenvalue weighted by Crippen LogP contribution is -1.97. The summed E-state index contributed by atoms with van der Waals surface area (Å²) in [6.07, 6.45) is 7.12. The maximum Gasteiger partial charge on any atom is 0.147 e. The van der Waals surface area contributed by atoms with Gasteiger partial charge in [0.2, 0.25) is 0 Å². The SMILES string of the molecule is Clc1ccc(-n2c(-c3cccnc3)nc3ccncc32)cc1. The Bertz CT molecular complexity index is 930. The van der Waals surface area contributed by atoms with E-state index in [0.717, 1.165) is 28.1 Å². The standard InChI is InChI=1S/C17H11ClN4/c18-13-3-5-14(6-4-13)22-16-11-20-9-7-15(16)21-17(22)12-2-1-8-19-10-12/h1-11H. The second-order valence-electron chi connectivity index (χ2n) is 4.85. The molecule has 0 N–H and O–H groups in total. The molecule has 0 unspecified atom stereocenters. The van der Waals surface area contributed by atoms with E-state index in [0.29, 0.717) is 5.02 Å². The van der Waals surface area contributed by atoms with Crippen molar-refractivity contribution in [2.24, 2.45) is 0 Å². The van der Waals surface area contributed by atoms with Gasteiger partial charge in [-0.25, -0.2) is 4.98 Å². The smallest absolute Gasteiger partial charge is 0.147 e. The molecule has 0 saturated heterocycles. The maximum atomic E-state index is 6.00. The minimum Gasteiger partial charge on any atom is -0.291 e. The van der Waals surface area contributed by atoms with Crippen molar-refractivity contribution < 1.29 is 0 Å². The lowest BCUT2D eigenvalue weighted by molar-refractivity contribution is 1.09. The van der Waals surface area contributed by atoms with Gasteiger partial charge in [-0.2, -0.15) is 0 Å². The van der Waals surface area contributed by atoms with Crippen molar-refractivity contribution in [2.75, 3.05) is 0 Å². The van der Waals surface area contributed by atoms with Crippen molar-refractivity contribution in [3.63, 3.8) is 0 Å². The largest absolute Gasteiger partial charge is 0.291 e. The molecule has 3 aromatic heterocycles. The van der Waals surface area contributed by atoms with Gasteiger partial charge in [0, 0.05) is 34.9 Å². The molecule has 106 valence electrons. The van der Waals surface area contributed by atoms with E-state index in [1.165, 1.54) is 0 Å². The summed E-state index contributed by atoms with van der Waals surface area (Å²) in [5.74, 6) is 0.832. The zero-order valence-electron chi connectivity index (χ0n) is 11.5. The fourth-order valence-corrected chi connectivity index (χ4v) is 2.59. The molecule has 0 radical (unpaired) electrons. The van der Waals surface area contributed by atoms with E-state index in [1.54, 1.807) is 18.6 Å².